The third-order valence-electron chi connectivity index (χ3n) is 4.53. The second-order valence-corrected chi connectivity index (χ2v) is 5.74. The van der Waals surface area contributed by atoms with E-state index in [2.05, 4.69) is 0 Å². The third-order valence-corrected chi connectivity index (χ3v) is 4.53. The Labute approximate surface area is 125 Å². The Morgan fingerprint density at radius 1 is 1.38 bits per heavy atom. The Balaban J connectivity index is 1.98. The molecule has 0 aromatic rings. The molecule has 6 nitrogen and oxygen atoms in total. The average molecular weight is 299 g/mol. The van der Waals surface area contributed by atoms with Crippen molar-refractivity contribution in [2.24, 2.45) is 17.8 Å². The van der Waals surface area contributed by atoms with E-state index in [1.807, 2.05) is 27.7 Å². The highest BCUT2D eigenvalue weighted by molar-refractivity contribution is 5.94. The molecule has 21 heavy (non-hydrogen) atoms. The van der Waals surface area contributed by atoms with Crippen LogP contribution in [0.15, 0.2) is 0 Å². The van der Waals surface area contributed by atoms with Gasteiger partial charge in [0.15, 0.2) is 5.79 Å². The lowest BCUT2D eigenvalue weighted by Gasteiger charge is -2.25. The van der Waals surface area contributed by atoms with E-state index in [1.54, 1.807) is 0 Å². The molecule has 1 heterocycles. The zero-order chi connectivity index (χ0) is 15.6. The first kappa shape index (κ1) is 16.2. The van der Waals surface area contributed by atoms with Crippen molar-refractivity contribution in [2.75, 3.05) is 26.4 Å². The van der Waals surface area contributed by atoms with Crippen LogP contribution in [0.2, 0.25) is 0 Å². The van der Waals surface area contributed by atoms with E-state index in [9.17, 15) is 9.59 Å². The monoisotopic (exact) mass is 299 g/mol. The SMILES string of the molecule is CCOC1(OCC)CC1C(C)C(C)C(=O)N1CCOC1=O. The molecule has 0 aromatic heterocycles. The third kappa shape index (κ3) is 3.06. The second kappa shape index (κ2) is 6.32. The van der Waals surface area contributed by atoms with Gasteiger partial charge in [0, 0.05) is 31.5 Å². The van der Waals surface area contributed by atoms with Crippen LogP contribution in [0.4, 0.5) is 4.79 Å². The first-order valence-corrected chi connectivity index (χ1v) is 7.72. The normalized spacial score (nSPS) is 26.4. The van der Waals surface area contributed by atoms with Gasteiger partial charge in [-0.2, -0.15) is 0 Å². The summed E-state index contributed by atoms with van der Waals surface area (Å²) in [7, 11) is 0. The van der Waals surface area contributed by atoms with Gasteiger partial charge < -0.3 is 14.2 Å². The quantitative estimate of drug-likeness (QED) is 0.673. The van der Waals surface area contributed by atoms with Gasteiger partial charge in [-0.25, -0.2) is 9.69 Å². The number of cyclic esters (lactones) is 1. The van der Waals surface area contributed by atoms with Crippen molar-refractivity contribution >= 4 is 12.0 Å². The Hall–Kier alpha value is -1.14. The highest BCUT2D eigenvalue weighted by atomic mass is 16.7. The smallest absolute Gasteiger partial charge is 0.416 e. The molecule has 1 aliphatic heterocycles. The van der Waals surface area contributed by atoms with Crippen molar-refractivity contribution in [1.29, 1.82) is 0 Å². The maximum absolute atomic E-state index is 12.4. The minimum absolute atomic E-state index is 0.0870. The molecule has 0 bridgehead atoms. The van der Waals surface area contributed by atoms with Gasteiger partial charge in [0.05, 0.1) is 6.54 Å². The molecule has 0 aromatic carbocycles. The highest BCUT2D eigenvalue weighted by Gasteiger charge is 2.60. The standard InChI is InChI=1S/C15H25NO5/c1-5-20-15(21-6-2)9-12(15)10(3)11(4)13(17)16-7-8-19-14(16)18/h10-12H,5-9H2,1-4H3. The predicted molar refractivity (Wildman–Crippen MR) is 75.5 cm³/mol. The first-order chi connectivity index (χ1) is 9.96. The zero-order valence-electron chi connectivity index (χ0n) is 13.3. The van der Waals surface area contributed by atoms with Gasteiger partial charge in [-0.3, -0.25) is 4.79 Å². The van der Waals surface area contributed by atoms with Crippen LogP contribution < -0.4 is 0 Å². The lowest BCUT2D eigenvalue weighted by Crippen LogP contribution is -2.39. The highest BCUT2D eigenvalue weighted by Crippen LogP contribution is 2.54. The van der Waals surface area contributed by atoms with E-state index in [1.165, 1.54) is 4.90 Å². The van der Waals surface area contributed by atoms with Crippen molar-refractivity contribution < 1.29 is 23.8 Å². The molecule has 2 fully saturated rings. The van der Waals surface area contributed by atoms with Crippen LogP contribution in [0.1, 0.15) is 34.1 Å². The maximum atomic E-state index is 12.4. The number of imide groups is 1. The van der Waals surface area contributed by atoms with Crippen molar-refractivity contribution in [3.8, 4) is 0 Å². The van der Waals surface area contributed by atoms with E-state index in [4.69, 9.17) is 14.2 Å². The summed E-state index contributed by atoms with van der Waals surface area (Å²) < 4.78 is 16.3. The average Bonchev–Trinajstić information content (AvgIpc) is 2.98. The number of hydrogen-bond acceptors (Lipinski definition) is 5. The van der Waals surface area contributed by atoms with Gasteiger partial charge in [-0.05, 0) is 19.8 Å². The molecule has 2 aliphatic rings. The summed E-state index contributed by atoms with van der Waals surface area (Å²) in [5.74, 6) is -0.690. The van der Waals surface area contributed by atoms with Gasteiger partial charge in [-0.1, -0.05) is 13.8 Å². The molecule has 1 saturated heterocycles. The molecule has 2 amide bonds. The molecule has 1 aliphatic carbocycles. The zero-order valence-corrected chi connectivity index (χ0v) is 13.3. The molecule has 3 atom stereocenters. The van der Waals surface area contributed by atoms with Gasteiger partial charge in [0.2, 0.25) is 5.91 Å². The number of hydrogen-bond donors (Lipinski definition) is 0. The second-order valence-electron chi connectivity index (χ2n) is 5.74. The number of rotatable bonds is 7. The number of amides is 2. The fourth-order valence-corrected chi connectivity index (χ4v) is 3.11. The topological polar surface area (TPSA) is 65.1 Å². The van der Waals surface area contributed by atoms with Crippen LogP contribution in [-0.4, -0.2) is 49.1 Å². The largest absolute Gasteiger partial charge is 0.447 e. The molecule has 6 heteroatoms. The Kier molecular flexibility index (Phi) is 4.88. The molecule has 0 radical (unpaired) electrons. The van der Waals surface area contributed by atoms with Gasteiger partial charge in [0.1, 0.15) is 6.61 Å². The van der Waals surface area contributed by atoms with E-state index in [0.717, 1.165) is 6.42 Å². The lowest BCUT2D eigenvalue weighted by molar-refractivity contribution is -0.176. The minimum atomic E-state index is -0.539. The van der Waals surface area contributed by atoms with Crippen LogP contribution in [0.25, 0.3) is 0 Å². The number of nitrogens with zero attached hydrogens (tertiary/aromatic N) is 1. The van der Waals surface area contributed by atoms with E-state index in [0.29, 0.717) is 19.8 Å². The van der Waals surface area contributed by atoms with Crippen LogP contribution in [-0.2, 0) is 19.0 Å². The summed E-state index contributed by atoms with van der Waals surface area (Å²) in [5.41, 5.74) is 0. The molecule has 120 valence electrons. The molecule has 3 unspecified atom stereocenters. The molecule has 0 N–H and O–H groups in total. The summed E-state index contributed by atoms with van der Waals surface area (Å²) in [6.45, 7) is 9.58. The van der Waals surface area contributed by atoms with E-state index < -0.39 is 11.9 Å². The van der Waals surface area contributed by atoms with Crippen LogP contribution in [0.5, 0.6) is 0 Å². The van der Waals surface area contributed by atoms with Gasteiger partial charge in [-0.15, -0.1) is 0 Å². The minimum Gasteiger partial charge on any atom is -0.447 e. The van der Waals surface area contributed by atoms with Crippen LogP contribution in [0.3, 0.4) is 0 Å². The fourth-order valence-electron chi connectivity index (χ4n) is 3.11. The van der Waals surface area contributed by atoms with Crippen molar-refractivity contribution in [1.82, 2.24) is 4.90 Å². The summed E-state index contributed by atoms with van der Waals surface area (Å²) in [5, 5.41) is 0. The van der Waals surface area contributed by atoms with Gasteiger partial charge >= 0.3 is 6.09 Å². The summed E-state index contributed by atoms with van der Waals surface area (Å²) in [6.07, 6.45) is 0.272. The molecular formula is C15H25NO5. The molecule has 1 saturated carbocycles. The lowest BCUT2D eigenvalue weighted by atomic mass is 9.89. The summed E-state index contributed by atoms with van der Waals surface area (Å²) in [4.78, 5) is 25.1. The fraction of sp³-hybridized carbons (Fsp3) is 0.867. The Morgan fingerprint density at radius 2 is 2.00 bits per heavy atom. The number of carbonyl (C=O) groups excluding carboxylic acids is 2. The van der Waals surface area contributed by atoms with E-state index >= 15 is 0 Å². The van der Waals surface area contributed by atoms with Crippen molar-refractivity contribution in [2.45, 2.75) is 39.9 Å². The predicted octanol–water partition coefficient (Wildman–Crippen LogP) is 2.03. The van der Waals surface area contributed by atoms with Crippen molar-refractivity contribution in [3.63, 3.8) is 0 Å². The summed E-state index contributed by atoms with van der Waals surface area (Å²) >= 11 is 0. The first-order valence-electron chi connectivity index (χ1n) is 7.72. The van der Waals surface area contributed by atoms with E-state index in [-0.39, 0.29) is 30.3 Å². The molecule has 0 spiro atoms. The molecule has 2 rings (SSSR count). The van der Waals surface area contributed by atoms with Gasteiger partial charge in [0.25, 0.3) is 0 Å². The number of carbonyl (C=O) groups is 2. The van der Waals surface area contributed by atoms with Crippen molar-refractivity contribution in [3.05, 3.63) is 0 Å². The summed E-state index contributed by atoms with van der Waals surface area (Å²) in [6, 6.07) is 0. The van der Waals surface area contributed by atoms with Crippen LogP contribution in [0, 0.1) is 17.8 Å². The maximum Gasteiger partial charge on any atom is 0.416 e. The Morgan fingerprint density at radius 3 is 2.48 bits per heavy atom. The Bertz CT molecular complexity index is 405. The number of ether oxygens (including phenoxy) is 3. The molecular weight excluding hydrogens is 274 g/mol. The van der Waals surface area contributed by atoms with Crippen LogP contribution >= 0.6 is 0 Å².